The monoisotopic (exact) mass is 429 g/mol. The van der Waals surface area contributed by atoms with Gasteiger partial charge in [0.1, 0.15) is 11.5 Å². The number of amides is 1. The minimum absolute atomic E-state index is 0.168. The van der Waals surface area contributed by atoms with Gasteiger partial charge in [-0.15, -0.1) is 10.2 Å². The Morgan fingerprint density at radius 1 is 0.906 bits per heavy atom. The van der Waals surface area contributed by atoms with Crippen LogP contribution in [0.5, 0.6) is 11.5 Å². The standard InChI is InChI=1S/C24H23N5O3/c1-31-20-11-3-16(4-12-20)15-22(17-9-13-21(32-2)14-10-17)25-24(30)19-7-5-18(6-8-19)23-26-28-29-27-23/h3-14,22H,15H2,1-2H3,(H,25,30)(H,26,27,28,29). The topological polar surface area (TPSA) is 102 Å². The van der Waals surface area contributed by atoms with Gasteiger partial charge in [-0.3, -0.25) is 4.79 Å². The van der Waals surface area contributed by atoms with Crippen molar-refractivity contribution >= 4 is 5.91 Å². The molecule has 8 heteroatoms. The zero-order valence-corrected chi connectivity index (χ0v) is 17.8. The predicted molar refractivity (Wildman–Crippen MR) is 120 cm³/mol. The lowest BCUT2D eigenvalue weighted by atomic mass is 9.98. The number of carbonyl (C=O) groups is 1. The van der Waals surface area contributed by atoms with Crippen molar-refractivity contribution in [3.05, 3.63) is 89.5 Å². The number of rotatable bonds is 8. The second kappa shape index (κ2) is 9.74. The van der Waals surface area contributed by atoms with Crippen molar-refractivity contribution in [1.29, 1.82) is 0 Å². The first-order valence-corrected chi connectivity index (χ1v) is 10.1. The van der Waals surface area contributed by atoms with Gasteiger partial charge in [-0.2, -0.15) is 5.21 Å². The molecule has 8 nitrogen and oxygen atoms in total. The van der Waals surface area contributed by atoms with E-state index in [0.717, 1.165) is 28.2 Å². The summed E-state index contributed by atoms with van der Waals surface area (Å²) in [6, 6.07) is 22.4. The van der Waals surface area contributed by atoms with Crippen LogP contribution in [-0.2, 0) is 6.42 Å². The number of carbonyl (C=O) groups excluding carboxylic acids is 1. The number of methoxy groups -OCH3 is 2. The first-order chi connectivity index (χ1) is 15.7. The molecule has 2 N–H and O–H groups in total. The molecule has 0 bridgehead atoms. The zero-order valence-electron chi connectivity index (χ0n) is 17.8. The molecule has 0 spiro atoms. The lowest BCUT2D eigenvalue weighted by Gasteiger charge is -2.20. The maximum atomic E-state index is 13.0. The van der Waals surface area contributed by atoms with Crippen LogP contribution in [0, 0.1) is 0 Å². The summed E-state index contributed by atoms with van der Waals surface area (Å²) in [5.74, 6) is 1.87. The molecule has 0 aliphatic carbocycles. The number of aromatic nitrogens is 4. The van der Waals surface area contributed by atoms with Crippen molar-refractivity contribution in [2.24, 2.45) is 0 Å². The van der Waals surface area contributed by atoms with E-state index in [1.807, 2.05) is 48.5 Å². The van der Waals surface area contributed by atoms with Gasteiger partial charge >= 0.3 is 0 Å². The van der Waals surface area contributed by atoms with Crippen LogP contribution in [0.1, 0.15) is 27.5 Å². The Balaban J connectivity index is 1.54. The van der Waals surface area contributed by atoms with Gasteiger partial charge in [-0.1, -0.05) is 36.4 Å². The van der Waals surface area contributed by atoms with Crippen LogP contribution in [0.4, 0.5) is 0 Å². The highest BCUT2D eigenvalue weighted by atomic mass is 16.5. The Bertz CT molecular complexity index is 1140. The van der Waals surface area contributed by atoms with Crippen LogP contribution < -0.4 is 14.8 Å². The van der Waals surface area contributed by atoms with Gasteiger partial charge in [0, 0.05) is 11.1 Å². The Morgan fingerprint density at radius 2 is 1.53 bits per heavy atom. The molecule has 0 saturated carbocycles. The smallest absolute Gasteiger partial charge is 0.251 e. The quantitative estimate of drug-likeness (QED) is 0.444. The van der Waals surface area contributed by atoms with Crippen LogP contribution in [0.2, 0.25) is 0 Å². The highest BCUT2D eigenvalue weighted by Gasteiger charge is 2.17. The number of nitrogens with one attached hydrogen (secondary N) is 2. The molecule has 1 atom stereocenters. The Labute approximate surface area is 185 Å². The van der Waals surface area contributed by atoms with Gasteiger partial charge in [0.2, 0.25) is 5.82 Å². The summed E-state index contributed by atoms with van der Waals surface area (Å²) in [4.78, 5) is 13.0. The van der Waals surface area contributed by atoms with Crippen molar-refractivity contribution in [3.63, 3.8) is 0 Å². The van der Waals surface area contributed by atoms with Crippen LogP contribution >= 0.6 is 0 Å². The minimum Gasteiger partial charge on any atom is -0.497 e. The van der Waals surface area contributed by atoms with E-state index in [1.54, 1.807) is 38.5 Å². The third-order valence-corrected chi connectivity index (χ3v) is 5.17. The number of nitrogens with zero attached hydrogens (tertiary/aromatic N) is 3. The Hall–Kier alpha value is -4.20. The predicted octanol–water partition coefficient (Wildman–Crippen LogP) is 3.60. The summed E-state index contributed by atoms with van der Waals surface area (Å²) < 4.78 is 10.5. The van der Waals surface area contributed by atoms with Crippen molar-refractivity contribution in [3.8, 4) is 22.9 Å². The van der Waals surface area contributed by atoms with Gasteiger partial charge in [-0.05, 0) is 59.2 Å². The zero-order chi connectivity index (χ0) is 22.3. The third-order valence-electron chi connectivity index (χ3n) is 5.17. The van der Waals surface area contributed by atoms with E-state index in [0.29, 0.717) is 17.8 Å². The van der Waals surface area contributed by atoms with Crippen LogP contribution in [0.25, 0.3) is 11.4 Å². The van der Waals surface area contributed by atoms with Crippen molar-refractivity contribution in [1.82, 2.24) is 25.9 Å². The molecule has 0 fully saturated rings. The number of ether oxygens (including phenoxy) is 2. The molecule has 4 rings (SSSR count). The van der Waals surface area contributed by atoms with Crippen molar-refractivity contribution < 1.29 is 14.3 Å². The lowest BCUT2D eigenvalue weighted by Crippen LogP contribution is -2.30. The second-order valence-corrected chi connectivity index (χ2v) is 7.16. The maximum absolute atomic E-state index is 13.0. The first kappa shape index (κ1) is 21.0. The van der Waals surface area contributed by atoms with Gasteiger partial charge in [0.15, 0.2) is 0 Å². The molecule has 4 aromatic rings. The summed E-state index contributed by atoms with van der Waals surface area (Å²) in [6.07, 6.45) is 0.628. The molecular formula is C24H23N5O3. The van der Waals surface area contributed by atoms with E-state index in [2.05, 4.69) is 25.9 Å². The van der Waals surface area contributed by atoms with E-state index in [-0.39, 0.29) is 11.9 Å². The van der Waals surface area contributed by atoms with E-state index < -0.39 is 0 Å². The van der Waals surface area contributed by atoms with Gasteiger partial charge < -0.3 is 14.8 Å². The Kier molecular flexibility index (Phi) is 6.41. The van der Waals surface area contributed by atoms with Crippen molar-refractivity contribution in [2.45, 2.75) is 12.5 Å². The number of hydrogen-bond donors (Lipinski definition) is 2. The summed E-state index contributed by atoms with van der Waals surface area (Å²) in [5, 5.41) is 17.0. The SMILES string of the molecule is COc1ccc(CC(NC(=O)c2ccc(-c3nn[nH]n3)cc2)c2ccc(OC)cc2)cc1. The van der Waals surface area contributed by atoms with Crippen LogP contribution in [0.15, 0.2) is 72.8 Å². The van der Waals surface area contributed by atoms with E-state index >= 15 is 0 Å². The lowest BCUT2D eigenvalue weighted by molar-refractivity contribution is 0.0936. The summed E-state index contributed by atoms with van der Waals surface area (Å²) in [7, 11) is 3.27. The number of H-pyrrole nitrogens is 1. The van der Waals surface area contributed by atoms with Crippen LogP contribution in [-0.4, -0.2) is 40.8 Å². The summed E-state index contributed by atoms with van der Waals surface area (Å²) in [5.41, 5.74) is 3.39. The molecule has 1 aromatic heterocycles. The molecule has 162 valence electrons. The normalized spacial score (nSPS) is 11.6. The molecule has 1 heterocycles. The third kappa shape index (κ3) is 4.92. The number of tetrazole rings is 1. The average Bonchev–Trinajstić information content (AvgIpc) is 3.39. The molecule has 0 aliphatic rings. The molecule has 32 heavy (non-hydrogen) atoms. The fraction of sp³-hybridized carbons (Fsp3) is 0.167. The molecule has 0 saturated heterocycles. The summed E-state index contributed by atoms with van der Waals surface area (Å²) >= 11 is 0. The molecule has 1 unspecified atom stereocenters. The van der Waals surface area contributed by atoms with E-state index in [4.69, 9.17) is 9.47 Å². The van der Waals surface area contributed by atoms with Crippen LogP contribution in [0.3, 0.4) is 0 Å². The number of hydrogen-bond acceptors (Lipinski definition) is 6. The van der Waals surface area contributed by atoms with Gasteiger partial charge in [0.25, 0.3) is 5.91 Å². The maximum Gasteiger partial charge on any atom is 0.251 e. The van der Waals surface area contributed by atoms with Crippen molar-refractivity contribution in [2.75, 3.05) is 14.2 Å². The van der Waals surface area contributed by atoms with E-state index in [9.17, 15) is 4.79 Å². The molecular weight excluding hydrogens is 406 g/mol. The highest BCUT2D eigenvalue weighted by molar-refractivity contribution is 5.94. The molecule has 0 radical (unpaired) electrons. The van der Waals surface area contributed by atoms with Gasteiger partial charge in [0.05, 0.1) is 20.3 Å². The fourth-order valence-corrected chi connectivity index (χ4v) is 3.38. The molecule has 1 amide bonds. The summed E-state index contributed by atoms with van der Waals surface area (Å²) in [6.45, 7) is 0. The fourth-order valence-electron chi connectivity index (χ4n) is 3.38. The second-order valence-electron chi connectivity index (χ2n) is 7.16. The first-order valence-electron chi connectivity index (χ1n) is 10.1. The number of benzene rings is 3. The molecule has 0 aliphatic heterocycles. The molecule has 3 aromatic carbocycles. The number of aromatic amines is 1. The highest BCUT2D eigenvalue weighted by Crippen LogP contribution is 2.23. The largest absolute Gasteiger partial charge is 0.497 e. The van der Waals surface area contributed by atoms with E-state index in [1.165, 1.54) is 0 Å². The van der Waals surface area contributed by atoms with Gasteiger partial charge in [-0.25, -0.2) is 0 Å². The Morgan fingerprint density at radius 3 is 2.09 bits per heavy atom. The average molecular weight is 429 g/mol. The minimum atomic E-state index is -0.223.